The fourth-order valence-corrected chi connectivity index (χ4v) is 5.79. The number of amides is 3. The molecule has 1 saturated heterocycles. The number of anilines is 3. The topological polar surface area (TPSA) is 134 Å². The van der Waals surface area contributed by atoms with Gasteiger partial charge in [0.15, 0.2) is 5.82 Å². The number of urea groups is 1. The zero-order valence-corrected chi connectivity index (χ0v) is 25.0. The Labute approximate surface area is 263 Å². The quantitative estimate of drug-likeness (QED) is 0.207. The van der Waals surface area contributed by atoms with Crippen LogP contribution < -0.4 is 26.2 Å². The minimum Gasteiger partial charge on any atom is -0.366 e. The van der Waals surface area contributed by atoms with Gasteiger partial charge >= 0.3 is 12.2 Å². The average molecular weight is 634 g/mol. The summed E-state index contributed by atoms with van der Waals surface area (Å²) < 4.78 is 41.7. The van der Waals surface area contributed by atoms with Gasteiger partial charge in [0.2, 0.25) is 5.91 Å². The molecule has 1 fully saturated rings. The number of carbonyl (C=O) groups is 2. The van der Waals surface area contributed by atoms with Crippen molar-refractivity contribution < 1.29 is 22.8 Å². The number of alkyl halides is 3. The van der Waals surface area contributed by atoms with Gasteiger partial charge in [-0.15, -0.1) is 5.10 Å². The van der Waals surface area contributed by atoms with E-state index in [2.05, 4.69) is 25.8 Å². The summed E-state index contributed by atoms with van der Waals surface area (Å²) in [6, 6.07) is 15.1. The molecule has 2 aliphatic heterocycles. The Morgan fingerprint density at radius 3 is 2.70 bits per heavy atom. The van der Waals surface area contributed by atoms with E-state index in [0.717, 1.165) is 50.0 Å². The third-order valence-corrected chi connectivity index (χ3v) is 8.13. The number of unbranched alkanes of at least 4 members (excludes halogenated alkanes) is 2. The zero-order chi connectivity index (χ0) is 32.3. The first-order valence-corrected chi connectivity index (χ1v) is 15.2. The van der Waals surface area contributed by atoms with Crippen LogP contribution in [0.2, 0.25) is 0 Å². The first-order chi connectivity index (χ1) is 22.2. The molecule has 4 aromatic rings. The van der Waals surface area contributed by atoms with Crippen molar-refractivity contribution >= 4 is 29.1 Å². The summed E-state index contributed by atoms with van der Waals surface area (Å²) in [6.07, 6.45) is 0.975. The molecule has 0 spiro atoms. The fraction of sp³-hybridized carbons (Fsp3) is 0.344. The third kappa shape index (κ3) is 6.81. The summed E-state index contributed by atoms with van der Waals surface area (Å²) in [7, 11) is 0. The number of halogens is 3. The van der Waals surface area contributed by atoms with Gasteiger partial charge in [0.1, 0.15) is 5.69 Å². The first-order valence-electron chi connectivity index (χ1n) is 15.2. The Kier molecular flexibility index (Phi) is 8.88. The van der Waals surface area contributed by atoms with Crippen LogP contribution in [0.4, 0.5) is 35.2 Å². The van der Waals surface area contributed by atoms with Crippen LogP contribution in [0, 0.1) is 0 Å². The smallest absolute Gasteiger partial charge is 0.366 e. The van der Waals surface area contributed by atoms with E-state index in [1.807, 2.05) is 12.1 Å². The van der Waals surface area contributed by atoms with E-state index in [4.69, 9.17) is 10.7 Å². The lowest BCUT2D eigenvalue weighted by Gasteiger charge is -2.36. The second kappa shape index (κ2) is 13.2. The molecule has 3 amide bonds. The molecular formula is C32H34F3N9O2. The standard InChI is InChI=1S/C32H34F3N9O2/c33-32(34,35)22-7-4-6-21(16-22)27-11-12-28-30(39-27)44(26-13-15-42(28)20-26)31(46)38-23-8-5-9-25(17-23)43-19-24(40-41-43)18-37-29(45)10-2-1-3-14-36/h4-9,11-12,16-17,19,26H,1-3,10,13-15,18,20,36H2,(H,37,45)(H,38,46)/t26-/m0/s1. The molecule has 0 unspecified atom stereocenters. The lowest BCUT2D eigenvalue weighted by atomic mass is 10.1. The highest BCUT2D eigenvalue weighted by atomic mass is 19.4. The molecule has 2 aromatic heterocycles. The van der Waals surface area contributed by atoms with E-state index < -0.39 is 17.8 Å². The zero-order valence-electron chi connectivity index (χ0n) is 25.0. The number of rotatable bonds is 10. The molecule has 11 nitrogen and oxygen atoms in total. The number of hydrogen-bond donors (Lipinski definition) is 3. The predicted molar refractivity (Wildman–Crippen MR) is 168 cm³/mol. The van der Waals surface area contributed by atoms with Gasteiger partial charge in [-0.05, 0) is 68.3 Å². The maximum Gasteiger partial charge on any atom is 0.416 e. The molecule has 0 radical (unpaired) electrons. The molecule has 240 valence electrons. The van der Waals surface area contributed by atoms with Crippen LogP contribution in [-0.4, -0.2) is 57.6 Å². The maximum atomic E-state index is 13.8. The molecule has 14 heteroatoms. The predicted octanol–water partition coefficient (Wildman–Crippen LogP) is 5.11. The molecule has 46 heavy (non-hydrogen) atoms. The Morgan fingerprint density at radius 2 is 1.87 bits per heavy atom. The Hall–Kier alpha value is -4.98. The van der Waals surface area contributed by atoms with Gasteiger partial charge in [-0.2, -0.15) is 13.2 Å². The van der Waals surface area contributed by atoms with E-state index in [9.17, 15) is 22.8 Å². The van der Waals surface area contributed by atoms with Crippen LogP contribution in [0.25, 0.3) is 16.9 Å². The summed E-state index contributed by atoms with van der Waals surface area (Å²) in [5.41, 5.74) is 7.90. The lowest BCUT2D eigenvalue weighted by Crippen LogP contribution is -2.48. The molecule has 2 aromatic carbocycles. The highest BCUT2D eigenvalue weighted by molar-refractivity contribution is 6.05. The van der Waals surface area contributed by atoms with E-state index in [1.165, 1.54) is 6.07 Å². The molecule has 4 N–H and O–H groups in total. The number of hydrogen-bond acceptors (Lipinski definition) is 7. The summed E-state index contributed by atoms with van der Waals surface area (Å²) in [6.45, 7) is 2.24. The van der Waals surface area contributed by atoms with Crippen molar-refractivity contribution in [2.24, 2.45) is 5.73 Å². The second-order valence-corrected chi connectivity index (χ2v) is 11.4. The summed E-state index contributed by atoms with van der Waals surface area (Å²) in [5.74, 6) is 0.344. The Morgan fingerprint density at radius 1 is 1.02 bits per heavy atom. The molecule has 0 saturated carbocycles. The molecule has 0 aliphatic carbocycles. The van der Waals surface area contributed by atoms with Crippen LogP contribution in [0.15, 0.2) is 66.9 Å². The van der Waals surface area contributed by atoms with Crippen LogP contribution >= 0.6 is 0 Å². The number of nitrogens with two attached hydrogens (primary N) is 1. The van der Waals surface area contributed by atoms with Crippen LogP contribution in [-0.2, 0) is 17.5 Å². The normalized spacial score (nSPS) is 15.5. The van der Waals surface area contributed by atoms with Crippen LogP contribution in [0.1, 0.15) is 43.4 Å². The molecule has 2 aliphatic rings. The van der Waals surface area contributed by atoms with Crippen molar-refractivity contribution in [2.45, 2.75) is 50.9 Å². The van der Waals surface area contributed by atoms with Crippen molar-refractivity contribution in [2.75, 3.05) is 34.8 Å². The highest BCUT2D eigenvalue weighted by Crippen LogP contribution is 2.41. The second-order valence-electron chi connectivity index (χ2n) is 11.4. The number of benzene rings is 2. The van der Waals surface area contributed by atoms with Crippen LogP contribution in [0.3, 0.4) is 0 Å². The van der Waals surface area contributed by atoms with Crippen molar-refractivity contribution in [1.82, 2.24) is 25.3 Å². The molecular weight excluding hydrogens is 599 g/mol. The number of carbonyl (C=O) groups excluding carboxylic acids is 2. The third-order valence-electron chi connectivity index (χ3n) is 8.13. The van der Waals surface area contributed by atoms with Crippen molar-refractivity contribution in [3.05, 3.63) is 78.1 Å². The minimum absolute atomic E-state index is 0.0580. The SMILES string of the molecule is NCCCCCC(=O)NCc1cn(-c2cccc(NC(=O)N3c4nc(-c5cccc(C(F)(F)F)c5)ccc4N4CC[C@H]3C4)c2)nn1. The molecule has 4 heterocycles. The van der Waals surface area contributed by atoms with Gasteiger partial charge < -0.3 is 21.3 Å². The monoisotopic (exact) mass is 633 g/mol. The summed E-state index contributed by atoms with van der Waals surface area (Å²) in [4.78, 5) is 34.4. The maximum absolute atomic E-state index is 13.8. The molecule has 1 atom stereocenters. The average Bonchev–Trinajstić information content (AvgIpc) is 3.70. The van der Waals surface area contributed by atoms with E-state index in [1.54, 1.807) is 46.1 Å². The fourth-order valence-electron chi connectivity index (χ4n) is 5.79. The summed E-state index contributed by atoms with van der Waals surface area (Å²) in [5, 5.41) is 14.1. The van der Waals surface area contributed by atoms with E-state index >= 15 is 0 Å². The summed E-state index contributed by atoms with van der Waals surface area (Å²) >= 11 is 0. The van der Waals surface area contributed by atoms with Crippen molar-refractivity contribution in [3.63, 3.8) is 0 Å². The van der Waals surface area contributed by atoms with Gasteiger partial charge in [-0.1, -0.05) is 29.8 Å². The van der Waals surface area contributed by atoms with Crippen molar-refractivity contribution in [1.29, 1.82) is 0 Å². The Bertz CT molecular complexity index is 1720. The van der Waals surface area contributed by atoms with Gasteiger partial charge in [-0.3, -0.25) is 9.69 Å². The van der Waals surface area contributed by atoms with Gasteiger partial charge in [0.05, 0.1) is 41.4 Å². The number of fused-ring (bicyclic) bond motifs is 4. The molecule has 2 bridgehead atoms. The largest absolute Gasteiger partial charge is 0.416 e. The van der Waals surface area contributed by atoms with Gasteiger partial charge in [0.25, 0.3) is 0 Å². The van der Waals surface area contributed by atoms with E-state index in [-0.39, 0.29) is 18.5 Å². The van der Waals surface area contributed by atoms with Crippen LogP contribution in [0.5, 0.6) is 0 Å². The number of nitrogens with zero attached hydrogens (tertiary/aromatic N) is 6. The number of nitrogens with one attached hydrogen (secondary N) is 2. The first kappa shape index (κ1) is 31.0. The Balaban J connectivity index is 1.17. The number of pyridine rings is 1. The minimum atomic E-state index is -4.48. The van der Waals surface area contributed by atoms with Crippen molar-refractivity contribution in [3.8, 4) is 16.9 Å². The van der Waals surface area contributed by atoms with Gasteiger partial charge in [-0.25, -0.2) is 14.5 Å². The molecule has 6 rings (SSSR count). The highest BCUT2D eigenvalue weighted by Gasteiger charge is 2.40. The van der Waals surface area contributed by atoms with E-state index in [0.29, 0.717) is 53.7 Å². The number of aromatic nitrogens is 4. The lowest BCUT2D eigenvalue weighted by molar-refractivity contribution is -0.137. The van der Waals surface area contributed by atoms with Gasteiger partial charge in [0, 0.05) is 30.8 Å².